The van der Waals surface area contributed by atoms with Gasteiger partial charge in [-0.2, -0.15) is 0 Å². The first-order valence-electron chi connectivity index (χ1n) is 6.57. The van der Waals surface area contributed by atoms with Crippen molar-refractivity contribution in [2.75, 3.05) is 13.1 Å². The Labute approximate surface area is 111 Å². The number of aromatic nitrogens is 1. The van der Waals surface area contributed by atoms with Crippen molar-refractivity contribution in [3.8, 4) is 11.5 Å². The highest BCUT2D eigenvalue weighted by Crippen LogP contribution is 2.24. The summed E-state index contributed by atoms with van der Waals surface area (Å²) in [6.07, 6.45) is 3.22. The number of furan rings is 1. The summed E-state index contributed by atoms with van der Waals surface area (Å²) in [5.74, 6) is 1.35. The molecule has 1 fully saturated rings. The molecule has 1 N–H and O–H groups in total. The van der Waals surface area contributed by atoms with Crippen LogP contribution in [-0.2, 0) is 6.54 Å². The number of likely N-dealkylation sites (tertiary alicyclic amines) is 1. The minimum Gasteiger partial charge on any atom is -0.461 e. The molecule has 0 aliphatic carbocycles. The fourth-order valence-electron chi connectivity index (χ4n) is 2.34. The van der Waals surface area contributed by atoms with Gasteiger partial charge in [0.2, 0.25) is 5.76 Å². The zero-order valence-electron chi connectivity index (χ0n) is 11.0. The van der Waals surface area contributed by atoms with Crippen LogP contribution in [0.2, 0.25) is 0 Å². The van der Waals surface area contributed by atoms with Crippen LogP contribution in [0.5, 0.6) is 0 Å². The minimum absolute atomic E-state index is 0.514. The van der Waals surface area contributed by atoms with E-state index >= 15 is 0 Å². The lowest BCUT2D eigenvalue weighted by atomic mass is 9.94. The molecule has 3 rings (SSSR count). The highest BCUT2D eigenvalue weighted by molar-refractivity contribution is 5.49. The van der Waals surface area contributed by atoms with Gasteiger partial charge in [0.1, 0.15) is 0 Å². The lowest BCUT2D eigenvalue weighted by molar-refractivity contribution is -0.00773. The molecule has 2 aromatic rings. The summed E-state index contributed by atoms with van der Waals surface area (Å²) in [5, 5.41) is 14.0. The highest BCUT2D eigenvalue weighted by Gasteiger charge is 2.27. The van der Waals surface area contributed by atoms with Crippen LogP contribution in [0.15, 0.2) is 33.4 Å². The Morgan fingerprint density at radius 3 is 2.84 bits per heavy atom. The number of rotatable bonds is 3. The molecular weight excluding hydrogens is 244 g/mol. The summed E-state index contributed by atoms with van der Waals surface area (Å²) in [7, 11) is 0. The Hall–Kier alpha value is -1.59. The maximum absolute atomic E-state index is 9.91. The SMILES string of the molecule is CC1(O)CCN(Cc2cc(-c3ccco3)on2)CC1. The van der Waals surface area contributed by atoms with Crippen molar-refractivity contribution in [2.45, 2.75) is 31.9 Å². The van der Waals surface area contributed by atoms with E-state index in [1.165, 1.54) is 0 Å². The van der Waals surface area contributed by atoms with E-state index in [0.717, 1.165) is 38.2 Å². The van der Waals surface area contributed by atoms with Gasteiger partial charge in [0, 0.05) is 25.7 Å². The maximum Gasteiger partial charge on any atom is 0.202 e. The Morgan fingerprint density at radius 2 is 2.16 bits per heavy atom. The number of hydrogen-bond acceptors (Lipinski definition) is 5. The summed E-state index contributed by atoms with van der Waals surface area (Å²) in [6.45, 7) is 4.42. The molecule has 0 saturated carbocycles. The second-order valence-electron chi connectivity index (χ2n) is 5.43. The number of hydrogen-bond donors (Lipinski definition) is 1. The van der Waals surface area contributed by atoms with Gasteiger partial charge in [0.15, 0.2) is 5.76 Å². The second kappa shape index (κ2) is 4.83. The molecule has 0 amide bonds. The molecule has 0 bridgehead atoms. The third-order valence-corrected chi connectivity index (χ3v) is 3.64. The Kier molecular flexibility index (Phi) is 3.16. The first kappa shape index (κ1) is 12.4. The van der Waals surface area contributed by atoms with E-state index in [-0.39, 0.29) is 0 Å². The fourth-order valence-corrected chi connectivity index (χ4v) is 2.34. The van der Waals surface area contributed by atoms with E-state index in [2.05, 4.69) is 10.1 Å². The largest absolute Gasteiger partial charge is 0.461 e. The monoisotopic (exact) mass is 262 g/mol. The molecule has 0 unspecified atom stereocenters. The molecule has 19 heavy (non-hydrogen) atoms. The molecule has 5 nitrogen and oxygen atoms in total. The molecule has 0 spiro atoms. The Bertz CT molecular complexity index is 521. The first-order valence-corrected chi connectivity index (χ1v) is 6.57. The molecule has 1 aliphatic heterocycles. The topological polar surface area (TPSA) is 62.6 Å². The van der Waals surface area contributed by atoms with Crippen LogP contribution in [0.3, 0.4) is 0 Å². The molecule has 3 heterocycles. The van der Waals surface area contributed by atoms with E-state index < -0.39 is 5.60 Å². The van der Waals surface area contributed by atoms with Crippen LogP contribution in [0.1, 0.15) is 25.5 Å². The van der Waals surface area contributed by atoms with Crippen LogP contribution in [0.4, 0.5) is 0 Å². The molecule has 0 radical (unpaired) electrons. The van der Waals surface area contributed by atoms with Crippen LogP contribution in [-0.4, -0.2) is 33.9 Å². The lowest BCUT2D eigenvalue weighted by Gasteiger charge is -2.35. The summed E-state index contributed by atoms with van der Waals surface area (Å²) in [4.78, 5) is 2.28. The van der Waals surface area contributed by atoms with E-state index in [1.807, 2.05) is 25.1 Å². The Balaban J connectivity index is 1.62. The normalized spacial score (nSPS) is 19.7. The average Bonchev–Trinajstić information content (AvgIpc) is 3.02. The molecule has 0 aromatic carbocycles. The predicted octanol–water partition coefficient (Wildman–Crippen LogP) is 2.28. The van der Waals surface area contributed by atoms with Gasteiger partial charge in [-0.25, -0.2) is 0 Å². The number of nitrogens with zero attached hydrogens (tertiary/aromatic N) is 2. The summed E-state index contributed by atoms with van der Waals surface area (Å²) < 4.78 is 10.5. The highest BCUT2D eigenvalue weighted by atomic mass is 16.5. The van der Waals surface area contributed by atoms with Crippen LogP contribution >= 0.6 is 0 Å². The summed E-state index contributed by atoms with van der Waals surface area (Å²) in [6, 6.07) is 5.58. The number of aliphatic hydroxyl groups is 1. The van der Waals surface area contributed by atoms with Crippen molar-refractivity contribution in [3.05, 3.63) is 30.2 Å². The van der Waals surface area contributed by atoms with Gasteiger partial charge in [-0.05, 0) is 31.9 Å². The fraction of sp³-hybridized carbons (Fsp3) is 0.500. The maximum atomic E-state index is 9.91. The minimum atomic E-state index is -0.514. The van der Waals surface area contributed by atoms with Gasteiger partial charge in [0.25, 0.3) is 0 Å². The van der Waals surface area contributed by atoms with E-state index in [4.69, 9.17) is 8.94 Å². The first-order chi connectivity index (χ1) is 9.12. The van der Waals surface area contributed by atoms with E-state index in [9.17, 15) is 5.11 Å². The zero-order chi connectivity index (χ0) is 13.3. The van der Waals surface area contributed by atoms with Gasteiger partial charge in [-0.3, -0.25) is 4.90 Å². The quantitative estimate of drug-likeness (QED) is 0.919. The van der Waals surface area contributed by atoms with Crippen molar-refractivity contribution >= 4 is 0 Å². The molecule has 2 aromatic heterocycles. The van der Waals surface area contributed by atoms with Gasteiger partial charge >= 0.3 is 0 Å². The number of piperidine rings is 1. The predicted molar refractivity (Wildman–Crippen MR) is 69.3 cm³/mol. The smallest absolute Gasteiger partial charge is 0.202 e. The van der Waals surface area contributed by atoms with Crippen LogP contribution < -0.4 is 0 Å². The van der Waals surface area contributed by atoms with Crippen molar-refractivity contribution in [3.63, 3.8) is 0 Å². The van der Waals surface area contributed by atoms with Crippen LogP contribution in [0, 0.1) is 0 Å². The molecular formula is C14H18N2O3. The average molecular weight is 262 g/mol. The third-order valence-electron chi connectivity index (χ3n) is 3.64. The molecule has 1 saturated heterocycles. The van der Waals surface area contributed by atoms with Gasteiger partial charge in [-0.1, -0.05) is 5.16 Å². The van der Waals surface area contributed by atoms with Crippen molar-refractivity contribution < 1.29 is 14.0 Å². The van der Waals surface area contributed by atoms with Gasteiger partial charge < -0.3 is 14.0 Å². The van der Waals surface area contributed by atoms with Gasteiger partial charge in [-0.15, -0.1) is 0 Å². The zero-order valence-corrected chi connectivity index (χ0v) is 11.0. The molecule has 0 atom stereocenters. The summed E-state index contributed by atoms with van der Waals surface area (Å²) >= 11 is 0. The van der Waals surface area contributed by atoms with Crippen molar-refractivity contribution in [1.82, 2.24) is 10.1 Å². The lowest BCUT2D eigenvalue weighted by Crippen LogP contribution is -2.41. The molecule has 5 heteroatoms. The van der Waals surface area contributed by atoms with E-state index in [0.29, 0.717) is 11.5 Å². The standard InChI is InChI=1S/C14H18N2O3/c1-14(17)4-6-16(7-5-14)10-11-9-13(19-15-11)12-3-2-8-18-12/h2-3,8-9,17H,4-7,10H2,1H3. The summed E-state index contributed by atoms with van der Waals surface area (Å²) in [5.41, 5.74) is 0.382. The molecule has 102 valence electrons. The second-order valence-corrected chi connectivity index (χ2v) is 5.43. The van der Waals surface area contributed by atoms with Crippen molar-refractivity contribution in [2.24, 2.45) is 0 Å². The third kappa shape index (κ3) is 2.88. The van der Waals surface area contributed by atoms with Gasteiger partial charge in [0.05, 0.1) is 17.6 Å². The molecule has 1 aliphatic rings. The Morgan fingerprint density at radius 1 is 1.37 bits per heavy atom. The van der Waals surface area contributed by atoms with Crippen molar-refractivity contribution in [1.29, 1.82) is 0 Å². The van der Waals surface area contributed by atoms with E-state index in [1.54, 1.807) is 6.26 Å². The van der Waals surface area contributed by atoms with Crippen LogP contribution in [0.25, 0.3) is 11.5 Å².